The highest BCUT2D eigenvalue weighted by Gasteiger charge is 2.43. The van der Waals surface area contributed by atoms with Gasteiger partial charge < -0.3 is 15.4 Å². The molecule has 7 heteroatoms. The average molecular weight is 381 g/mol. The third kappa shape index (κ3) is 4.65. The third-order valence-electron chi connectivity index (χ3n) is 4.63. The number of amides is 1. The van der Waals surface area contributed by atoms with Crippen molar-refractivity contribution in [1.29, 1.82) is 5.26 Å². The lowest BCUT2D eigenvalue weighted by Crippen LogP contribution is -2.48. The maximum absolute atomic E-state index is 13.0. The van der Waals surface area contributed by atoms with Gasteiger partial charge in [0.25, 0.3) is 5.91 Å². The summed E-state index contributed by atoms with van der Waals surface area (Å²) in [7, 11) is 0. The fourth-order valence-electron chi connectivity index (χ4n) is 2.88. The van der Waals surface area contributed by atoms with Gasteiger partial charge in [0, 0.05) is 5.69 Å². The molecule has 1 amide bonds. The number of hydrogen-bond acceptors (Lipinski definition) is 5. The van der Waals surface area contributed by atoms with Gasteiger partial charge in [0.05, 0.1) is 17.3 Å². The van der Waals surface area contributed by atoms with Crippen LogP contribution in [0.4, 0.5) is 15.8 Å². The molecule has 0 bridgehead atoms. The Morgan fingerprint density at radius 2 is 1.89 bits per heavy atom. The topological polar surface area (TPSA) is 91.2 Å². The Kier molecular flexibility index (Phi) is 5.59. The number of ether oxygens (including phenoxy) is 1. The van der Waals surface area contributed by atoms with Crippen molar-refractivity contribution in [3.8, 4) is 6.07 Å². The first-order valence-electron chi connectivity index (χ1n) is 8.92. The first-order chi connectivity index (χ1) is 13.4. The molecular formula is C21H20FN3O3. The Labute approximate surface area is 162 Å². The van der Waals surface area contributed by atoms with Gasteiger partial charge in [-0.05, 0) is 62.1 Å². The summed E-state index contributed by atoms with van der Waals surface area (Å²) in [6.45, 7) is 1.19. The minimum Gasteiger partial charge on any atom is -0.452 e. The first-order valence-corrected chi connectivity index (χ1v) is 8.92. The summed E-state index contributed by atoms with van der Waals surface area (Å²) in [6, 6.07) is 14.5. The van der Waals surface area contributed by atoms with Crippen molar-refractivity contribution in [2.24, 2.45) is 5.92 Å². The number of rotatable bonds is 7. The molecule has 1 aliphatic rings. The van der Waals surface area contributed by atoms with Gasteiger partial charge in [0.2, 0.25) is 0 Å². The monoisotopic (exact) mass is 381 g/mol. The van der Waals surface area contributed by atoms with Gasteiger partial charge in [-0.1, -0.05) is 12.1 Å². The molecule has 0 radical (unpaired) electrons. The van der Waals surface area contributed by atoms with Gasteiger partial charge in [0.15, 0.2) is 6.61 Å². The molecule has 1 atom stereocenters. The highest BCUT2D eigenvalue weighted by atomic mass is 19.1. The molecule has 0 saturated heterocycles. The number of hydrogen-bond donors (Lipinski definition) is 2. The fourth-order valence-corrected chi connectivity index (χ4v) is 2.88. The fraction of sp³-hybridized carbons (Fsp3) is 0.286. The number of nitriles is 1. The maximum Gasteiger partial charge on any atom is 0.340 e. The van der Waals surface area contributed by atoms with Crippen LogP contribution in [-0.2, 0) is 9.53 Å². The molecule has 1 unspecified atom stereocenters. The SMILES string of the molecule is CC(C#N)(NC(=O)COC(=O)c1ccccc1Nc1ccc(F)cc1)C1CC1. The van der Waals surface area contributed by atoms with E-state index in [9.17, 15) is 19.2 Å². The van der Waals surface area contributed by atoms with Crippen LogP contribution in [0.3, 0.4) is 0 Å². The van der Waals surface area contributed by atoms with Crippen molar-refractivity contribution in [2.75, 3.05) is 11.9 Å². The van der Waals surface area contributed by atoms with E-state index in [0.717, 1.165) is 12.8 Å². The number of halogens is 1. The van der Waals surface area contributed by atoms with Gasteiger partial charge in [0.1, 0.15) is 11.4 Å². The van der Waals surface area contributed by atoms with E-state index in [1.54, 1.807) is 43.3 Å². The second kappa shape index (κ2) is 8.09. The predicted molar refractivity (Wildman–Crippen MR) is 101 cm³/mol. The van der Waals surface area contributed by atoms with Crippen molar-refractivity contribution in [3.63, 3.8) is 0 Å². The van der Waals surface area contributed by atoms with E-state index in [1.165, 1.54) is 12.1 Å². The summed E-state index contributed by atoms with van der Waals surface area (Å²) in [5.41, 5.74) is 0.378. The maximum atomic E-state index is 13.0. The zero-order valence-electron chi connectivity index (χ0n) is 15.4. The van der Waals surface area contributed by atoms with Gasteiger partial charge >= 0.3 is 5.97 Å². The van der Waals surface area contributed by atoms with Crippen molar-refractivity contribution in [2.45, 2.75) is 25.3 Å². The van der Waals surface area contributed by atoms with Crippen LogP contribution in [0.2, 0.25) is 0 Å². The van der Waals surface area contributed by atoms with E-state index >= 15 is 0 Å². The summed E-state index contributed by atoms with van der Waals surface area (Å²) in [4.78, 5) is 24.5. The van der Waals surface area contributed by atoms with E-state index in [4.69, 9.17) is 4.74 Å². The molecule has 0 heterocycles. The zero-order valence-corrected chi connectivity index (χ0v) is 15.4. The number of nitrogens with one attached hydrogen (secondary N) is 2. The normalized spacial score (nSPS) is 15.0. The van der Waals surface area contributed by atoms with Crippen LogP contribution in [-0.4, -0.2) is 24.0 Å². The number of benzene rings is 2. The minimum absolute atomic E-state index is 0.137. The van der Waals surface area contributed by atoms with E-state index < -0.39 is 24.0 Å². The molecule has 0 aromatic heterocycles. The number of nitrogens with zero attached hydrogens (tertiary/aromatic N) is 1. The molecule has 3 rings (SSSR count). The standard InChI is InChI=1S/C21H20FN3O3/c1-21(13-23,14-6-7-14)25-19(26)12-28-20(27)17-4-2-3-5-18(17)24-16-10-8-15(22)9-11-16/h2-5,8-11,14,24H,6-7,12H2,1H3,(H,25,26). The van der Waals surface area contributed by atoms with Gasteiger partial charge in [-0.15, -0.1) is 0 Å². The van der Waals surface area contributed by atoms with Crippen LogP contribution >= 0.6 is 0 Å². The molecule has 2 N–H and O–H groups in total. The molecular weight excluding hydrogens is 361 g/mol. The number of para-hydroxylation sites is 1. The lowest BCUT2D eigenvalue weighted by molar-refractivity contribution is -0.125. The minimum atomic E-state index is -0.939. The van der Waals surface area contributed by atoms with E-state index in [-0.39, 0.29) is 17.3 Å². The summed E-state index contributed by atoms with van der Waals surface area (Å²) in [5, 5.41) is 15.0. The lowest BCUT2D eigenvalue weighted by atomic mass is 9.98. The van der Waals surface area contributed by atoms with Gasteiger partial charge in [-0.2, -0.15) is 5.26 Å². The number of carbonyl (C=O) groups is 2. The molecule has 28 heavy (non-hydrogen) atoms. The number of anilines is 2. The Balaban J connectivity index is 1.62. The highest BCUT2D eigenvalue weighted by molar-refractivity contribution is 5.97. The summed E-state index contributed by atoms with van der Waals surface area (Å²) in [5.74, 6) is -1.42. The third-order valence-corrected chi connectivity index (χ3v) is 4.63. The second-order valence-electron chi connectivity index (χ2n) is 6.89. The molecule has 2 aromatic carbocycles. The molecule has 1 fully saturated rings. The average Bonchev–Trinajstić information content (AvgIpc) is 3.54. The van der Waals surface area contributed by atoms with E-state index in [0.29, 0.717) is 11.4 Å². The lowest BCUT2D eigenvalue weighted by Gasteiger charge is -2.22. The summed E-state index contributed by atoms with van der Waals surface area (Å²) in [6.07, 6.45) is 1.79. The molecule has 1 aliphatic carbocycles. The second-order valence-corrected chi connectivity index (χ2v) is 6.89. The molecule has 2 aromatic rings. The smallest absolute Gasteiger partial charge is 0.340 e. The number of esters is 1. The van der Waals surface area contributed by atoms with E-state index in [2.05, 4.69) is 16.7 Å². The van der Waals surface area contributed by atoms with Crippen LogP contribution in [0.25, 0.3) is 0 Å². The molecule has 6 nitrogen and oxygen atoms in total. The molecule has 0 aliphatic heterocycles. The van der Waals surface area contributed by atoms with Crippen LogP contribution in [0.1, 0.15) is 30.1 Å². The number of carbonyl (C=O) groups excluding carboxylic acids is 2. The molecule has 1 saturated carbocycles. The van der Waals surface area contributed by atoms with Crippen molar-refractivity contribution in [3.05, 3.63) is 59.9 Å². The molecule has 0 spiro atoms. The summed E-state index contributed by atoms with van der Waals surface area (Å²) < 4.78 is 18.2. The summed E-state index contributed by atoms with van der Waals surface area (Å²) >= 11 is 0. The zero-order chi connectivity index (χ0) is 20.1. The van der Waals surface area contributed by atoms with Crippen molar-refractivity contribution in [1.82, 2.24) is 5.32 Å². The van der Waals surface area contributed by atoms with Crippen LogP contribution in [0.15, 0.2) is 48.5 Å². The largest absolute Gasteiger partial charge is 0.452 e. The Bertz CT molecular complexity index is 919. The highest BCUT2D eigenvalue weighted by Crippen LogP contribution is 2.39. The van der Waals surface area contributed by atoms with Gasteiger partial charge in [-0.25, -0.2) is 9.18 Å². The van der Waals surface area contributed by atoms with Crippen molar-refractivity contribution < 1.29 is 18.7 Å². The predicted octanol–water partition coefficient (Wildman–Crippen LogP) is 3.53. The van der Waals surface area contributed by atoms with Crippen molar-refractivity contribution >= 4 is 23.3 Å². The first kappa shape index (κ1) is 19.4. The van der Waals surface area contributed by atoms with Crippen LogP contribution in [0.5, 0.6) is 0 Å². The Hall–Kier alpha value is -3.40. The Morgan fingerprint density at radius 3 is 2.54 bits per heavy atom. The van der Waals surface area contributed by atoms with Crippen LogP contribution < -0.4 is 10.6 Å². The quantitative estimate of drug-likeness (QED) is 0.716. The Morgan fingerprint density at radius 1 is 1.21 bits per heavy atom. The van der Waals surface area contributed by atoms with Crippen LogP contribution in [0, 0.1) is 23.1 Å². The molecule has 144 valence electrons. The van der Waals surface area contributed by atoms with E-state index in [1.807, 2.05) is 0 Å². The van der Waals surface area contributed by atoms with Gasteiger partial charge in [-0.3, -0.25) is 4.79 Å².